The summed E-state index contributed by atoms with van der Waals surface area (Å²) in [5.41, 5.74) is 2.00. The van der Waals surface area contributed by atoms with E-state index < -0.39 is 0 Å². The first-order valence-electron chi connectivity index (χ1n) is 7.14. The highest BCUT2D eigenvalue weighted by molar-refractivity contribution is 5.88. The van der Waals surface area contributed by atoms with Crippen LogP contribution in [0.3, 0.4) is 0 Å². The van der Waals surface area contributed by atoms with E-state index in [1.54, 1.807) is 0 Å². The number of hydrogen-bond donors (Lipinski definition) is 1. The molecule has 0 bridgehead atoms. The van der Waals surface area contributed by atoms with Gasteiger partial charge in [0.1, 0.15) is 5.82 Å². The second-order valence-corrected chi connectivity index (χ2v) is 5.48. The van der Waals surface area contributed by atoms with Crippen molar-refractivity contribution in [3.63, 3.8) is 0 Å². The zero-order valence-corrected chi connectivity index (χ0v) is 12.6. The van der Waals surface area contributed by atoms with Crippen LogP contribution in [0.4, 0.5) is 10.6 Å². The SMILES string of the molecule is CCC1CN(C(=O)Nc2cc(C)cc(C)n2)CC(C)O1. The number of nitrogens with zero attached hydrogens (tertiary/aromatic N) is 2. The predicted octanol–water partition coefficient (Wildman–Crippen LogP) is 2.73. The van der Waals surface area contributed by atoms with Gasteiger partial charge in [-0.25, -0.2) is 9.78 Å². The number of pyridine rings is 1. The Labute approximate surface area is 120 Å². The van der Waals surface area contributed by atoms with Crippen LogP contribution in [0.2, 0.25) is 0 Å². The van der Waals surface area contributed by atoms with Crippen LogP contribution < -0.4 is 5.32 Å². The molecule has 1 aromatic rings. The maximum absolute atomic E-state index is 12.3. The summed E-state index contributed by atoms with van der Waals surface area (Å²) in [6.07, 6.45) is 1.11. The molecule has 2 atom stereocenters. The topological polar surface area (TPSA) is 54.5 Å². The van der Waals surface area contributed by atoms with Crippen LogP contribution >= 0.6 is 0 Å². The number of urea groups is 1. The van der Waals surface area contributed by atoms with Gasteiger partial charge in [0, 0.05) is 18.8 Å². The van der Waals surface area contributed by atoms with Crippen LogP contribution in [0.25, 0.3) is 0 Å². The number of ether oxygens (including phenoxy) is 1. The largest absolute Gasteiger partial charge is 0.372 e. The summed E-state index contributed by atoms with van der Waals surface area (Å²) >= 11 is 0. The minimum Gasteiger partial charge on any atom is -0.372 e. The molecule has 2 unspecified atom stereocenters. The van der Waals surface area contributed by atoms with Gasteiger partial charge in [-0.05, 0) is 44.9 Å². The summed E-state index contributed by atoms with van der Waals surface area (Å²) in [4.78, 5) is 18.5. The fourth-order valence-electron chi connectivity index (χ4n) is 2.53. The number of aryl methyl sites for hydroxylation is 2. The maximum Gasteiger partial charge on any atom is 0.323 e. The average molecular weight is 277 g/mol. The Morgan fingerprint density at radius 2 is 2.20 bits per heavy atom. The normalized spacial score (nSPS) is 22.7. The van der Waals surface area contributed by atoms with Gasteiger partial charge in [0.25, 0.3) is 0 Å². The fourth-order valence-corrected chi connectivity index (χ4v) is 2.53. The summed E-state index contributed by atoms with van der Waals surface area (Å²) in [5, 5.41) is 2.88. The molecule has 5 heteroatoms. The van der Waals surface area contributed by atoms with E-state index in [0.29, 0.717) is 18.9 Å². The lowest BCUT2D eigenvalue weighted by atomic mass is 10.2. The Kier molecular flexibility index (Phi) is 4.60. The quantitative estimate of drug-likeness (QED) is 0.904. The number of aromatic nitrogens is 1. The van der Waals surface area contributed by atoms with Gasteiger partial charge in [-0.15, -0.1) is 0 Å². The number of amides is 2. The zero-order chi connectivity index (χ0) is 14.7. The molecule has 0 saturated carbocycles. The third kappa shape index (κ3) is 3.70. The molecular formula is C15H23N3O2. The molecule has 0 aliphatic carbocycles. The van der Waals surface area contributed by atoms with Crippen molar-refractivity contribution in [3.05, 3.63) is 23.4 Å². The molecule has 2 amide bonds. The number of carbonyl (C=O) groups is 1. The second kappa shape index (κ2) is 6.22. The van der Waals surface area contributed by atoms with Crippen molar-refractivity contribution in [1.82, 2.24) is 9.88 Å². The average Bonchev–Trinajstić information content (AvgIpc) is 2.36. The van der Waals surface area contributed by atoms with Crippen LogP contribution in [-0.2, 0) is 4.74 Å². The molecule has 0 radical (unpaired) electrons. The lowest BCUT2D eigenvalue weighted by molar-refractivity contribution is -0.0632. The van der Waals surface area contributed by atoms with E-state index in [1.807, 2.05) is 37.8 Å². The molecule has 5 nitrogen and oxygen atoms in total. The fraction of sp³-hybridized carbons (Fsp3) is 0.600. The monoisotopic (exact) mass is 277 g/mol. The minimum absolute atomic E-state index is 0.0756. The number of rotatable bonds is 2. The van der Waals surface area contributed by atoms with Gasteiger partial charge in [-0.2, -0.15) is 0 Å². The van der Waals surface area contributed by atoms with E-state index in [-0.39, 0.29) is 18.2 Å². The van der Waals surface area contributed by atoms with Gasteiger partial charge in [-0.3, -0.25) is 5.32 Å². The van der Waals surface area contributed by atoms with Gasteiger partial charge in [0.2, 0.25) is 0 Å². The Bertz CT molecular complexity index is 470. The molecule has 1 aliphatic rings. The number of nitrogens with one attached hydrogen (secondary N) is 1. The van der Waals surface area contributed by atoms with Crippen LogP contribution in [-0.4, -0.2) is 41.2 Å². The van der Waals surface area contributed by atoms with Gasteiger partial charge in [0.15, 0.2) is 0 Å². The third-order valence-corrected chi connectivity index (χ3v) is 3.40. The van der Waals surface area contributed by atoms with Crippen molar-refractivity contribution in [1.29, 1.82) is 0 Å². The maximum atomic E-state index is 12.3. The first-order chi connectivity index (χ1) is 9.47. The van der Waals surface area contributed by atoms with Crippen molar-refractivity contribution in [2.24, 2.45) is 0 Å². The van der Waals surface area contributed by atoms with Crippen LogP contribution in [0, 0.1) is 13.8 Å². The van der Waals surface area contributed by atoms with Gasteiger partial charge >= 0.3 is 6.03 Å². The molecule has 0 spiro atoms. The van der Waals surface area contributed by atoms with Gasteiger partial charge in [0.05, 0.1) is 12.2 Å². The van der Waals surface area contributed by atoms with E-state index >= 15 is 0 Å². The highest BCUT2D eigenvalue weighted by Gasteiger charge is 2.27. The Morgan fingerprint density at radius 1 is 1.45 bits per heavy atom. The van der Waals surface area contributed by atoms with E-state index in [9.17, 15) is 4.79 Å². The summed E-state index contributed by atoms with van der Waals surface area (Å²) in [6.45, 7) is 9.24. The molecule has 1 aliphatic heterocycles. The van der Waals surface area contributed by atoms with E-state index in [0.717, 1.165) is 17.7 Å². The lowest BCUT2D eigenvalue weighted by Gasteiger charge is -2.36. The molecule has 1 fully saturated rings. The number of morpholine rings is 1. The van der Waals surface area contributed by atoms with Crippen molar-refractivity contribution in [2.75, 3.05) is 18.4 Å². The third-order valence-electron chi connectivity index (χ3n) is 3.40. The molecule has 1 saturated heterocycles. The van der Waals surface area contributed by atoms with Gasteiger partial charge in [-0.1, -0.05) is 6.92 Å². The Hall–Kier alpha value is -1.62. The van der Waals surface area contributed by atoms with Crippen LogP contribution in [0.1, 0.15) is 31.5 Å². The van der Waals surface area contributed by atoms with Crippen molar-refractivity contribution < 1.29 is 9.53 Å². The second-order valence-electron chi connectivity index (χ2n) is 5.48. The van der Waals surface area contributed by atoms with E-state index in [1.165, 1.54) is 0 Å². The molecular weight excluding hydrogens is 254 g/mol. The predicted molar refractivity (Wildman–Crippen MR) is 78.9 cm³/mol. The smallest absolute Gasteiger partial charge is 0.323 e. The van der Waals surface area contributed by atoms with E-state index in [2.05, 4.69) is 17.2 Å². The highest BCUT2D eigenvalue weighted by Crippen LogP contribution is 2.15. The molecule has 1 aromatic heterocycles. The number of anilines is 1. The highest BCUT2D eigenvalue weighted by atomic mass is 16.5. The van der Waals surface area contributed by atoms with Crippen molar-refractivity contribution in [3.8, 4) is 0 Å². The van der Waals surface area contributed by atoms with Gasteiger partial charge < -0.3 is 9.64 Å². The van der Waals surface area contributed by atoms with E-state index in [4.69, 9.17) is 4.74 Å². The summed E-state index contributed by atoms with van der Waals surface area (Å²) in [7, 11) is 0. The Balaban J connectivity index is 2.03. The summed E-state index contributed by atoms with van der Waals surface area (Å²) in [5.74, 6) is 0.611. The summed E-state index contributed by atoms with van der Waals surface area (Å²) in [6, 6.07) is 3.77. The first-order valence-corrected chi connectivity index (χ1v) is 7.14. The molecule has 2 rings (SSSR count). The van der Waals surface area contributed by atoms with Crippen molar-refractivity contribution in [2.45, 2.75) is 46.3 Å². The standard InChI is InChI=1S/C15H23N3O2/c1-5-13-9-18(8-12(4)20-13)15(19)17-14-7-10(2)6-11(3)16-14/h6-7,12-13H,5,8-9H2,1-4H3,(H,16,17,19). The summed E-state index contributed by atoms with van der Waals surface area (Å²) < 4.78 is 5.77. The van der Waals surface area contributed by atoms with Crippen LogP contribution in [0.15, 0.2) is 12.1 Å². The number of hydrogen-bond acceptors (Lipinski definition) is 3. The Morgan fingerprint density at radius 3 is 2.85 bits per heavy atom. The lowest BCUT2D eigenvalue weighted by Crippen LogP contribution is -2.50. The molecule has 0 aromatic carbocycles. The zero-order valence-electron chi connectivity index (χ0n) is 12.6. The molecule has 20 heavy (non-hydrogen) atoms. The number of carbonyl (C=O) groups excluding carboxylic acids is 1. The minimum atomic E-state index is -0.101. The van der Waals surface area contributed by atoms with Crippen molar-refractivity contribution >= 4 is 11.8 Å². The molecule has 1 N–H and O–H groups in total. The molecule has 110 valence electrons. The molecule has 2 heterocycles. The first kappa shape index (κ1) is 14.8. The van der Waals surface area contributed by atoms with Crippen LogP contribution in [0.5, 0.6) is 0 Å².